The maximum absolute atomic E-state index is 11.1. The highest BCUT2D eigenvalue weighted by Crippen LogP contribution is 2.17. The van der Waals surface area contributed by atoms with Crippen LogP contribution in [-0.2, 0) is 9.53 Å². The number of nitrogens with zero attached hydrogens (tertiary/aromatic N) is 1. The lowest BCUT2D eigenvalue weighted by Crippen LogP contribution is -2.39. The van der Waals surface area contributed by atoms with Crippen LogP contribution in [0.2, 0.25) is 0 Å². The van der Waals surface area contributed by atoms with Gasteiger partial charge in [-0.2, -0.15) is 0 Å². The van der Waals surface area contributed by atoms with Crippen molar-refractivity contribution in [2.75, 3.05) is 26.3 Å². The Morgan fingerprint density at radius 3 is 3.00 bits per heavy atom. The van der Waals surface area contributed by atoms with Gasteiger partial charge in [0.05, 0.1) is 25.7 Å². The molecule has 1 rings (SSSR count). The summed E-state index contributed by atoms with van der Waals surface area (Å²) in [4.78, 5) is 13.2. The van der Waals surface area contributed by atoms with Gasteiger partial charge in [-0.25, -0.2) is 0 Å². The summed E-state index contributed by atoms with van der Waals surface area (Å²) in [6.45, 7) is 3.52. The van der Waals surface area contributed by atoms with Crippen molar-refractivity contribution in [3.05, 3.63) is 0 Å². The van der Waals surface area contributed by atoms with Gasteiger partial charge in [-0.15, -0.1) is 0 Å². The van der Waals surface area contributed by atoms with Crippen LogP contribution >= 0.6 is 0 Å². The van der Waals surface area contributed by atoms with E-state index in [9.17, 15) is 9.90 Å². The third kappa shape index (κ3) is 4.08. The zero-order valence-electron chi connectivity index (χ0n) is 9.76. The smallest absolute Gasteiger partial charge is 0.308 e. The molecule has 5 nitrogen and oxygen atoms in total. The number of esters is 1. The molecule has 16 heavy (non-hydrogen) atoms. The number of aliphatic hydroxyl groups excluding tert-OH is 2. The molecule has 0 spiro atoms. The molecule has 2 atom stereocenters. The second-order valence-electron chi connectivity index (χ2n) is 4.14. The van der Waals surface area contributed by atoms with Crippen molar-refractivity contribution in [1.29, 1.82) is 0 Å². The summed E-state index contributed by atoms with van der Waals surface area (Å²) >= 11 is 0. The molecular formula is C11H21NO4. The van der Waals surface area contributed by atoms with E-state index in [4.69, 9.17) is 9.84 Å². The first-order chi connectivity index (χ1) is 7.67. The van der Waals surface area contributed by atoms with E-state index in [0.29, 0.717) is 13.2 Å². The molecule has 1 fully saturated rings. The molecule has 0 aromatic carbocycles. The first-order valence-corrected chi connectivity index (χ1v) is 5.86. The highest BCUT2D eigenvalue weighted by molar-refractivity contribution is 5.69. The molecule has 1 aliphatic rings. The minimum atomic E-state index is -0.703. The summed E-state index contributed by atoms with van der Waals surface area (Å²) in [6, 6.07) is 0.136. The predicted molar refractivity (Wildman–Crippen MR) is 58.9 cm³/mol. The molecule has 5 heteroatoms. The van der Waals surface area contributed by atoms with Crippen molar-refractivity contribution in [2.24, 2.45) is 0 Å². The van der Waals surface area contributed by atoms with Gasteiger partial charge in [-0.05, 0) is 26.3 Å². The number of carbonyl (C=O) groups excluding carboxylic acids is 1. The molecule has 0 aromatic heterocycles. The van der Waals surface area contributed by atoms with Gasteiger partial charge in [-0.1, -0.05) is 0 Å². The van der Waals surface area contributed by atoms with Gasteiger partial charge in [0.2, 0.25) is 0 Å². The summed E-state index contributed by atoms with van der Waals surface area (Å²) in [5.41, 5.74) is 0. The van der Waals surface area contributed by atoms with Crippen LogP contribution in [0.1, 0.15) is 26.2 Å². The number of carbonyl (C=O) groups is 1. The van der Waals surface area contributed by atoms with Crippen molar-refractivity contribution in [3.8, 4) is 0 Å². The minimum Gasteiger partial charge on any atom is -0.466 e. The summed E-state index contributed by atoms with van der Waals surface area (Å²) in [7, 11) is 0. The average molecular weight is 231 g/mol. The monoisotopic (exact) mass is 231 g/mol. The molecule has 1 aliphatic heterocycles. The lowest BCUT2D eigenvalue weighted by Gasteiger charge is -2.24. The second-order valence-corrected chi connectivity index (χ2v) is 4.14. The molecule has 94 valence electrons. The predicted octanol–water partition coefficient (Wildman–Crippen LogP) is -0.243. The number of β-amino-alcohol motifs (C(OH)–C–C–N with tert-alkyl or cyclic N) is 1. The van der Waals surface area contributed by atoms with Crippen LogP contribution in [0.5, 0.6) is 0 Å². The Morgan fingerprint density at radius 1 is 1.62 bits per heavy atom. The Hall–Kier alpha value is -0.650. The van der Waals surface area contributed by atoms with Gasteiger partial charge in [0.15, 0.2) is 0 Å². The van der Waals surface area contributed by atoms with Crippen LogP contribution in [-0.4, -0.2) is 59.5 Å². The fraction of sp³-hybridized carbons (Fsp3) is 0.909. The van der Waals surface area contributed by atoms with E-state index in [1.54, 1.807) is 6.92 Å². The van der Waals surface area contributed by atoms with Crippen molar-refractivity contribution in [1.82, 2.24) is 4.90 Å². The molecule has 0 radical (unpaired) electrons. The van der Waals surface area contributed by atoms with E-state index < -0.39 is 6.10 Å². The fourth-order valence-corrected chi connectivity index (χ4v) is 2.09. The molecule has 0 amide bonds. The summed E-state index contributed by atoms with van der Waals surface area (Å²) in [6.07, 6.45) is 1.33. The molecule has 0 bridgehead atoms. The van der Waals surface area contributed by atoms with Crippen molar-refractivity contribution in [2.45, 2.75) is 38.3 Å². The fourth-order valence-electron chi connectivity index (χ4n) is 2.09. The van der Waals surface area contributed by atoms with Gasteiger partial charge in [0.25, 0.3) is 0 Å². The van der Waals surface area contributed by atoms with Crippen LogP contribution in [0.4, 0.5) is 0 Å². The molecule has 0 aromatic rings. The van der Waals surface area contributed by atoms with Gasteiger partial charge >= 0.3 is 5.97 Å². The molecule has 1 heterocycles. The van der Waals surface area contributed by atoms with Crippen LogP contribution in [0, 0.1) is 0 Å². The summed E-state index contributed by atoms with van der Waals surface area (Å²) < 4.78 is 4.76. The number of likely N-dealkylation sites (tertiary alicyclic amines) is 1. The van der Waals surface area contributed by atoms with Crippen LogP contribution in [0.3, 0.4) is 0 Å². The molecule has 1 saturated heterocycles. The number of ether oxygens (including phenoxy) is 1. The summed E-state index contributed by atoms with van der Waals surface area (Å²) in [5.74, 6) is -0.366. The first-order valence-electron chi connectivity index (χ1n) is 5.86. The average Bonchev–Trinajstić information content (AvgIpc) is 2.65. The third-order valence-corrected chi connectivity index (χ3v) is 2.86. The van der Waals surface area contributed by atoms with Crippen LogP contribution < -0.4 is 0 Å². The van der Waals surface area contributed by atoms with Crippen LogP contribution in [0.25, 0.3) is 0 Å². The lowest BCUT2D eigenvalue weighted by atomic mass is 10.2. The molecule has 0 saturated carbocycles. The lowest BCUT2D eigenvalue weighted by molar-refractivity contribution is -0.145. The Labute approximate surface area is 96.0 Å². The normalized spacial score (nSPS) is 23.3. The Bertz CT molecular complexity index is 222. The highest BCUT2D eigenvalue weighted by Gasteiger charge is 2.26. The first kappa shape index (κ1) is 13.4. The summed E-state index contributed by atoms with van der Waals surface area (Å²) in [5, 5.41) is 18.8. The van der Waals surface area contributed by atoms with E-state index >= 15 is 0 Å². The number of aliphatic hydroxyl groups is 2. The van der Waals surface area contributed by atoms with E-state index in [-0.39, 0.29) is 25.0 Å². The van der Waals surface area contributed by atoms with Gasteiger partial charge in [0.1, 0.15) is 0 Å². The zero-order chi connectivity index (χ0) is 12.0. The molecule has 0 aliphatic carbocycles. The standard InChI is InChI=1S/C11H21NO4/c1-2-16-11(15)6-10(14)7-12-5-3-4-9(12)8-13/h9-10,13-14H,2-8H2,1H3. The zero-order valence-corrected chi connectivity index (χ0v) is 9.76. The number of hydrogen-bond acceptors (Lipinski definition) is 5. The van der Waals surface area contributed by atoms with E-state index in [2.05, 4.69) is 0 Å². The quantitative estimate of drug-likeness (QED) is 0.617. The largest absolute Gasteiger partial charge is 0.466 e. The van der Waals surface area contributed by atoms with E-state index in [0.717, 1.165) is 19.4 Å². The Kier molecular flexibility index (Phi) is 5.73. The SMILES string of the molecule is CCOC(=O)CC(O)CN1CCCC1CO. The second kappa shape index (κ2) is 6.83. The van der Waals surface area contributed by atoms with Crippen molar-refractivity contribution < 1.29 is 19.7 Å². The van der Waals surface area contributed by atoms with Crippen molar-refractivity contribution in [3.63, 3.8) is 0 Å². The van der Waals surface area contributed by atoms with E-state index in [1.165, 1.54) is 0 Å². The van der Waals surface area contributed by atoms with E-state index in [1.807, 2.05) is 4.90 Å². The molecular weight excluding hydrogens is 210 g/mol. The Morgan fingerprint density at radius 2 is 2.38 bits per heavy atom. The van der Waals surface area contributed by atoms with Gasteiger partial charge in [0, 0.05) is 12.6 Å². The highest BCUT2D eigenvalue weighted by atomic mass is 16.5. The maximum atomic E-state index is 11.1. The topological polar surface area (TPSA) is 70.0 Å². The third-order valence-electron chi connectivity index (χ3n) is 2.86. The molecule has 2 N–H and O–H groups in total. The van der Waals surface area contributed by atoms with Crippen LogP contribution in [0.15, 0.2) is 0 Å². The van der Waals surface area contributed by atoms with Gasteiger partial charge < -0.3 is 14.9 Å². The number of rotatable bonds is 6. The minimum absolute atomic E-state index is 0.0302. The number of hydrogen-bond donors (Lipinski definition) is 2. The Balaban J connectivity index is 2.27. The maximum Gasteiger partial charge on any atom is 0.308 e. The molecule has 2 unspecified atom stereocenters. The van der Waals surface area contributed by atoms with Gasteiger partial charge in [-0.3, -0.25) is 9.69 Å². The van der Waals surface area contributed by atoms with Crippen molar-refractivity contribution >= 4 is 5.97 Å².